The second kappa shape index (κ2) is 8.83. The molecule has 2 aromatic rings. The van der Waals surface area contributed by atoms with Gasteiger partial charge in [-0.15, -0.1) is 0 Å². The third-order valence-electron chi connectivity index (χ3n) is 3.38. The molecule has 2 aromatic carbocycles. The number of nitriles is 1. The predicted octanol–water partition coefficient (Wildman–Crippen LogP) is 3.77. The molecule has 1 amide bonds. The molecule has 0 aliphatic carbocycles. The van der Waals surface area contributed by atoms with Gasteiger partial charge in [0.05, 0.1) is 0 Å². The van der Waals surface area contributed by atoms with Gasteiger partial charge in [-0.3, -0.25) is 4.79 Å². The van der Waals surface area contributed by atoms with E-state index in [1.807, 2.05) is 25.1 Å². The molecule has 6 nitrogen and oxygen atoms in total. The summed E-state index contributed by atoms with van der Waals surface area (Å²) in [5, 5.41) is 20.8. The number of anilines is 1. The lowest BCUT2D eigenvalue weighted by atomic mass is 10.1. The zero-order chi connectivity index (χ0) is 19.1. The van der Waals surface area contributed by atoms with Crippen LogP contribution in [0, 0.1) is 18.3 Å². The highest BCUT2D eigenvalue weighted by Gasteiger charge is 2.13. The molecule has 0 aliphatic rings. The SMILES string of the molecule is Cc1ccccc1NC(=O)/C(C#N)=C/c1cc(Br)ccc1OCC(=O)O. The largest absolute Gasteiger partial charge is 0.481 e. The zero-order valence-corrected chi connectivity index (χ0v) is 15.4. The Morgan fingerprint density at radius 3 is 2.69 bits per heavy atom. The van der Waals surface area contributed by atoms with Gasteiger partial charge in [-0.25, -0.2) is 4.79 Å². The highest BCUT2D eigenvalue weighted by Crippen LogP contribution is 2.26. The van der Waals surface area contributed by atoms with Gasteiger partial charge in [0.1, 0.15) is 17.4 Å². The number of benzene rings is 2. The molecule has 7 heteroatoms. The first-order valence-corrected chi connectivity index (χ1v) is 8.33. The standard InChI is InChI=1S/C19H15BrN2O4/c1-12-4-2-3-5-16(12)22-19(25)14(10-21)8-13-9-15(20)6-7-17(13)26-11-18(23)24/h2-9H,11H2,1H3,(H,22,25)(H,23,24)/b14-8+. The van der Waals surface area contributed by atoms with E-state index in [0.29, 0.717) is 15.7 Å². The summed E-state index contributed by atoms with van der Waals surface area (Å²) in [6, 6.07) is 13.9. The van der Waals surface area contributed by atoms with Crippen molar-refractivity contribution in [3.63, 3.8) is 0 Å². The third kappa shape index (κ3) is 5.19. The Kier molecular flexibility index (Phi) is 6.53. The van der Waals surface area contributed by atoms with E-state index in [9.17, 15) is 14.9 Å². The fraction of sp³-hybridized carbons (Fsp3) is 0.105. The van der Waals surface area contributed by atoms with Crippen LogP contribution in [0.1, 0.15) is 11.1 Å². The van der Waals surface area contributed by atoms with Crippen LogP contribution in [0.15, 0.2) is 52.5 Å². The van der Waals surface area contributed by atoms with Crippen LogP contribution < -0.4 is 10.1 Å². The number of amides is 1. The molecular weight excluding hydrogens is 400 g/mol. The minimum absolute atomic E-state index is 0.133. The van der Waals surface area contributed by atoms with Crippen molar-refractivity contribution in [3.8, 4) is 11.8 Å². The predicted molar refractivity (Wildman–Crippen MR) is 101 cm³/mol. The van der Waals surface area contributed by atoms with Gasteiger partial charge in [0, 0.05) is 15.7 Å². The Morgan fingerprint density at radius 2 is 2.04 bits per heavy atom. The van der Waals surface area contributed by atoms with Crippen LogP contribution in [-0.4, -0.2) is 23.6 Å². The molecule has 0 saturated carbocycles. The van der Waals surface area contributed by atoms with Crippen molar-refractivity contribution in [1.82, 2.24) is 0 Å². The van der Waals surface area contributed by atoms with Gasteiger partial charge < -0.3 is 15.2 Å². The molecule has 2 rings (SSSR count). The lowest BCUT2D eigenvalue weighted by Crippen LogP contribution is -2.14. The third-order valence-corrected chi connectivity index (χ3v) is 3.87. The Labute approximate surface area is 158 Å². The molecule has 0 radical (unpaired) electrons. The average molecular weight is 415 g/mol. The number of nitrogens with one attached hydrogen (secondary N) is 1. The first-order chi connectivity index (χ1) is 12.4. The maximum atomic E-state index is 12.4. The molecule has 0 saturated heterocycles. The van der Waals surface area contributed by atoms with Crippen LogP contribution in [0.2, 0.25) is 0 Å². The van der Waals surface area contributed by atoms with E-state index in [1.165, 1.54) is 6.08 Å². The van der Waals surface area contributed by atoms with Crippen LogP contribution >= 0.6 is 15.9 Å². The number of halogens is 1. The van der Waals surface area contributed by atoms with Crippen molar-refractivity contribution >= 4 is 39.6 Å². The molecule has 0 aromatic heterocycles. The maximum absolute atomic E-state index is 12.4. The summed E-state index contributed by atoms with van der Waals surface area (Å²) in [4.78, 5) is 23.1. The average Bonchev–Trinajstić information content (AvgIpc) is 2.60. The Balaban J connectivity index is 2.31. The summed E-state index contributed by atoms with van der Waals surface area (Å²) < 4.78 is 5.91. The fourth-order valence-electron chi connectivity index (χ4n) is 2.11. The van der Waals surface area contributed by atoms with Gasteiger partial charge >= 0.3 is 5.97 Å². The highest BCUT2D eigenvalue weighted by atomic mass is 79.9. The summed E-state index contributed by atoms with van der Waals surface area (Å²) in [7, 11) is 0. The first kappa shape index (κ1) is 19.2. The monoisotopic (exact) mass is 414 g/mol. The van der Waals surface area contributed by atoms with Gasteiger partial charge in [0.15, 0.2) is 6.61 Å². The van der Waals surface area contributed by atoms with E-state index in [2.05, 4.69) is 21.2 Å². The number of carboxylic acid groups (broad SMARTS) is 1. The summed E-state index contributed by atoms with van der Waals surface area (Å²) in [6.07, 6.45) is 1.36. The number of carbonyl (C=O) groups excluding carboxylic acids is 1. The first-order valence-electron chi connectivity index (χ1n) is 7.53. The second-order valence-corrected chi connectivity index (χ2v) is 6.22. The topological polar surface area (TPSA) is 99.4 Å². The number of carboxylic acids is 1. The van der Waals surface area contributed by atoms with E-state index in [0.717, 1.165) is 5.56 Å². The molecule has 0 atom stereocenters. The number of nitrogens with zero attached hydrogens (tertiary/aromatic N) is 1. The minimum atomic E-state index is -1.12. The molecule has 132 valence electrons. The number of ether oxygens (including phenoxy) is 1. The molecule has 0 bridgehead atoms. The van der Waals surface area contributed by atoms with Crippen LogP contribution in [-0.2, 0) is 9.59 Å². The molecule has 2 N–H and O–H groups in total. The van der Waals surface area contributed by atoms with Crippen molar-refractivity contribution in [2.75, 3.05) is 11.9 Å². The number of hydrogen-bond acceptors (Lipinski definition) is 4. The molecule has 0 spiro atoms. The zero-order valence-electron chi connectivity index (χ0n) is 13.8. The van der Waals surface area contributed by atoms with Crippen molar-refractivity contribution < 1.29 is 19.4 Å². The molecule has 0 aliphatic heterocycles. The van der Waals surface area contributed by atoms with Gasteiger partial charge in [-0.1, -0.05) is 34.1 Å². The Morgan fingerprint density at radius 1 is 1.31 bits per heavy atom. The van der Waals surface area contributed by atoms with Crippen molar-refractivity contribution in [2.24, 2.45) is 0 Å². The summed E-state index contributed by atoms with van der Waals surface area (Å²) >= 11 is 3.30. The quantitative estimate of drug-likeness (QED) is 0.553. The molecule has 0 unspecified atom stereocenters. The molecular formula is C19H15BrN2O4. The van der Waals surface area contributed by atoms with E-state index in [-0.39, 0.29) is 11.3 Å². The second-order valence-electron chi connectivity index (χ2n) is 5.30. The van der Waals surface area contributed by atoms with E-state index >= 15 is 0 Å². The van der Waals surface area contributed by atoms with Crippen molar-refractivity contribution in [1.29, 1.82) is 5.26 Å². The number of aliphatic carboxylic acids is 1. The number of aryl methyl sites for hydroxylation is 1. The number of hydrogen-bond donors (Lipinski definition) is 2. The van der Waals surface area contributed by atoms with E-state index < -0.39 is 18.5 Å². The van der Waals surface area contributed by atoms with Crippen molar-refractivity contribution in [3.05, 3.63) is 63.6 Å². The lowest BCUT2D eigenvalue weighted by molar-refractivity contribution is -0.139. The van der Waals surface area contributed by atoms with Gasteiger partial charge in [-0.2, -0.15) is 5.26 Å². The van der Waals surface area contributed by atoms with Crippen molar-refractivity contribution in [2.45, 2.75) is 6.92 Å². The van der Waals surface area contributed by atoms with Gasteiger partial charge in [0.2, 0.25) is 0 Å². The summed E-state index contributed by atoms with van der Waals surface area (Å²) in [5.41, 5.74) is 1.75. The minimum Gasteiger partial charge on any atom is -0.481 e. The molecule has 0 fully saturated rings. The van der Waals surface area contributed by atoms with E-state index in [4.69, 9.17) is 9.84 Å². The van der Waals surface area contributed by atoms with E-state index in [1.54, 1.807) is 30.3 Å². The summed E-state index contributed by atoms with van der Waals surface area (Å²) in [5.74, 6) is -1.43. The molecule has 0 heterocycles. The number of rotatable bonds is 6. The van der Waals surface area contributed by atoms with Gasteiger partial charge in [0.25, 0.3) is 5.91 Å². The van der Waals surface area contributed by atoms with Crippen LogP contribution in [0.3, 0.4) is 0 Å². The lowest BCUT2D eigenvalue weighted by Gasteiger charge is -2.10. The van der Waals surface area contributed by atoms with Gasteiger partial charge in [-0.05, 0) is 42.8 Å². The molecule has 26 heavy (non-hydrogen) atoms. The highest BCUT2D eigenvalue weighted by molar-refractivity contribution is 9.10. The van der Waals surface area contributed by atoms with Crippen LogP contribution in [0.25, 0.3) is 6.08 Å². The normalized spacial score (nSPS) is 10.7. The maximum Gasteiger partial charge on any atom is 0.341 e. The number of para-hydroxylation sites is 1. The Hall–Kier alpha value is -3.11. The number of carbonyl (C=O) groups is 2. The van der Waals surface area contributed by atoms with Crippen LogP contribution in [0.5, 0.6) is 5.75 Å². The Bertz CT molecular complexity index is 916. The smallest absolute Gasteiger partial charge is 0.341 e. The fourth-order valence-corrected chi connectivity index (χ4v) is 2.49. The van der Waals surface area contributed by atoms with Crippen LogP contribution in [0.4, 0.5) is 5.69 Å². The summed E-state index contributed by atoms with van der Waals surface area (Å²) in [6.45, 7) is 1.32.